The van der Waals surface area contributed by atoms with Crippen LogP contribution in [0.25, 0.3) is 0 Å². The molecule has 1 atom stereocenters. The summed E-state index contributed by atoms with van der Waals surface area (Å²) >= 11 is 0. The Balaban J connectivity index is 2.18. The fourth-order valence-electron chi connectivity index (χ4n) is 2.38. The Labute approximate surface area is 144 Å². The number of hydrogen-bond acceptors (Lipinski definition) is 4. The second-order valence-electron chi connectivity index (χ2n) is 5.78. The number of sulfone groups is 1. The monoisotopic (exact) mass is 345 g/mol. The van der Waals surface area contributed by atoms with Gasteiger partial charge in [0.25, 0.3) is 0 Å². The fraction of sp³-hybridized carbons (Fsp3) is 0.263. The molecule has 0 amide bonds. The van der Waals surface area contributed by atoms with E-state index in [-0.39, 0.29) is 29.0 Å². The van der Waals surface area contributed by atoms with Crippen LogP contribution in [0.15, 0.2) is 77.0 Å². The van der Waals surface area contributed by atoms with Crippen LogP contribution < -0.4 is 0 Å². The molecule has 24 heavy (non-hydrogen) atoms. The van der Waals surface area contributed by atoms with E-state index < -0.39 is 9.84 Å². The Morgan fingerprint density at radius 2 is 1.62 bits per heavy atom. The molecule has 4 nitrogen and oxygen atoms in total. The lowest BCUT2D eigenvalue weighted by Gasteiger charge is -2.28. The Morgan fingerprint density at radius 3 is 2.17 bits per heavy atom. The summed E-state index contributed by atoms with van der Waals surface area (Å²) in [4.78, 5) is 2.29. The minimum atomic E-state index is -3.59. The van der Waals surface area contributed by atoms with Crippen LogP contribution in [0, 0.1) is 0 Å². The van der Waals surface area contributed by atoms with E-state index in [9.17, 15) is 13.5 Å². The zero-order chi connectivity index (χ0) is 17.6. The highest BCUT2D eigenvalue weighted by molar-refractivity contribution is 7.95. The summed E-state index contributed by atoms with van der Waals surface area (Å²) in [5, 5.41) is 9.50. The van der Waals surface area contributed by atoms with E-state index in [1.54, 1.807) is 30.3 Å². The van der Waals surface area contributed by atoms with Crippen molar-refractivity contribution in [3.63, 3.8) is 0 Å². The van der Waals surface area contributed by atoms with Crippen LogP contribution in [0.5, 0.6) is 0 Å². The first-order valence-electron chi connectivity index (χ1n) is 7.82. The molecule has 0 saturated heterocycles. The van der Waals surface area contributed by atoms with Gasteiger partial charge in [0.1, 0.15) is 0 Å². The normalized spacial score (nSPS) is 13.0. The van der Waals surface area contributed by atoms with Crippen LogP contribution in [-0.4, -0.2) is 37.6 Å². The molecule has 0 aromatic heterocycles. The summed E-state index contributed by atoms with van der Waals surface area (Å²) in [7, 11) is -3.59. The maximum absolute atomic E-state index is 12.6. The molecule has 0 heterocycles. The summed E-state index contributed by atoms with van der Waals surface area (Å²) in [5.74, 6) is 0. The number of rotatable bonds is 8. The lowest BCUT2D eigenvalue weighted by Crippen LogP contribution is -2.37. The van der Waals surface area contributed by atoms with Gasteiger partial charge in [-0.2, -0.15) is 0 Å². The number of nitrogens with zero attached hydrogens (tertiary/aromatic N) is 1. The highest BCUT2D eigenvalue weighted by atomic mass is 32.2. The molecule has 2 aromatic rings. The van der Waals surface area contributed by atoms with Crippen molar-refractivity contribution in [3.05, 3.63) is 77.7 Å². The van der Waals surface area contributed by atoms with E-state index in [1.807, 2.05) is 42.2 Å². The van der Waals surface area contributed by atoms with E-state index in [4.69, 9.17) is 0 Å². The molecule has 5 heteroatoms. The van der Waals surface area contributed by atoms with Gasteiger partial charge in [-0.3, -0.25) is 4.90 Å². The van der Waals surface area contributed by atoms with Crippen molar-refractivity contribution in [2.75, 3.05) is 13.2 Å². The predicted octanol–water partition coefficient (Wildman–Crippen LogP) is 2.86. The molecule has 128 valence electrons. The molecule has 0 aliphatic heterocycles. The first kappa shape index (κ1) is 18.4. The second kappa shape index (κ2) is 8.24. The first-order chi connectivity index (χ1) is 11.4. The fourth-order valence-corrected chi connectivity index (χ4v) is 3.56. The largest absolute Gasteiger partial charge is 0.395 e. The van der Waals surface area contributed by atoms with Crippen molar-refractivity contribution in [1.29, 1.82) is 0 Å². The molecule has 0 unspecified atom stereocenters. The number of aliphatic hydroxyl groups excluding tert-OH is 1. The first-order valence-corrected chi connectivity index (χ1v) is 9.30. The third-order valence-corrected chi connectivity index (χ3v) is 5.71. The standard InChI is InChI=1S/C19H23NO3S/c1-16(15-21)20(14-18-9-5-3-6-10-18)13-17(2)24(22,23)19-11-7-4-8-12-19/h3-12,16,21H,2,13-15H2,1H3/t16-/m0/s1. The second-order valence-corrected chi connectivity index (χ2v) is 7.83. The van der Waals surface area contributed by atoms with Crippen LogP contribution >= 0.6 is 0 Å². The van der Waals surface area contributed by atoms with E-state index in [1.165, 1.54) is 0 Å². The number of hydrogen-bond donors (Lipinski definition) is 1. The molecular weight excluding hydrogens is 322 g/mol. The van der Waals surface area contributed by atoms with Crippen LogP contribution in [0.2, 0.25) is 0 Å². The van der Waals surface area contributed by atoms with Crippen LogP contribution in [-0.2, 0) is 16.4 Å². The van der Waals surface area contributed by atoms with Gasteiger partial charge in [0.15, 0.2) is 0 Å². The van der Waals surface area contributed by atoms with Gasteiger partial charge in [0.05, 0.1) is 16.4 Å². The molecule has 0 aliphatic rings. The number of benzene rings is 2. The molecule has 1 N–H and O–H groups in total. The molecule has 0 fully saturated rings. The summed E-state index contributed by atoms with van der Waals surface area (Å²) < 4.78 is 25.3. The molecule has 2 rings (SSSR count). The Bertz CT molecular complexity index is 758. The SMILES string of the molecule is C=C(CN(Cc1ccccc1)[C@@H](C)CO)S(=O)(=O)c1ccccc1. The van der Waals surface area contributed by atoms with E-state index in [0.717, 1.165) is 5.56 Å². The minimum absolute atomic E-state index is 0.0501. The molecule has 2 aromatic carbocycles. The lowest BCUT2D eigenvalue weighted by molar-refractivity contribution is 0.139. The van der Waals surface area contributed by atoms with Crippen LogP contribution in [0.4, 0.5) is 0 Å². The minimum Gasteiger partial charge on any atom is -0.395 e. The third kappa shape index (κ3) is 4.54. The van der Waals surface area contributed by atoms with Crippen molar-refractivity contribution in [1.82, 2.24) is 4.90 Å². The smallest absolute Gasteiger partial charge is 0.203 e. The van der Waals surface area contributed by atoms with Gasteiger partial charge in [-0.15, -0.1) is 0 Å². The highest BCUT2D eigenvalue weighted by Crippen LogP contribution is 2.20. The van der Waals surface area contributed by atoms with Gasteiger partial charge < -0.3 is 5.11 Å². The maximum Gasteiger partial charge on any atom is 0.203 e. The molecule has 0 saturated carbocycles. The van der Waals surface area contributed by atoms with E-state index in [0.29, 0.717) is 6.54 Å². The quantitative estimate of drug-likeness (QED) is 0.799. The summed E-state index contributed by atoms with van der Waals surface area (Å²) in [6.45, 7) is 6.33. The van der Waals surface area contributed by atoms with Crippen LogP contribution in [0.3, 0.4) is 0 Å². The Kier molecular flexibility index (Phi) is 6.31. The van der Waals surface area contributed by atoms with Gasteiger partial charge in [0, 0.05) is 19.1 Å². The van der Waals surface area contributed by atoms with Crippen molar-refractivity contribution >= 4 is 9.84 Å². The topological polar surface area (TPSA) is 57.6 Å². The lowest BCUT2D eigenvalue weighted by atomic mass is 10.2. The zero-order valence-corrected chi connectivity index (χ0v) is 14.6. The molecule has 0 aliphatic carbocycles. The van der Waals surface area contributed by atoms with E-state index >= 15 is 0 Å². The van der Waals surface area contributed by atoms with Gasteiger partial charge >= 0.3 is 0 Å². The third-order valence-electron chi connectivity index (χ3n) is 3.93. The number of aliphatic hydroxyl groups is 1. The maximum atomic E-state index is 12.6. The summed E-state index contributed by atoms with van der Waals surface area (Å²) in [6, 6.07) is 17.9. The van der Waals surface area contributed by atoms with Crippen molar-refractivity contribution in [3.8, 4) is 0 Å². The Morgan fingerprint density at radius 1 is 1.08 bits per heavy atom. The Hall–Kier alpha value is -1.95. The molecular formula is C19H23NO3S. The summed E-state index contributed by atoms with van der Waals surface area (Å²) in [5.41, 5.74) is 1.06. The summed E-state index contributed by atoms with van der Waals surface area (Å²) in [6.07, 6.45) is 0. The molecule has 0 spiro atoms. The van der Waals surface area contributed by atoms with Gasteiger partial charge in [-0.25, -0.2) is 8.42 Å². The molecule has 0 bridgehead atoms. The van der Waals surface area contributed by atoms with Crippen LogP contribution in [0.1, 0.15) is 12.5 Å². The molecule has 0 radical (unpaired) electrons. The highest BCUT2D eigenvalue weighted by Gasteiger charge is 2.23. The van der Waals surface area contributed by atoms with Crippen molar-refractivity contribution in [2.24, 2.45) is 0 Å². The predicted molar refractivity (Wildman–Crippen MR) is 96.2 cm³/mol. The van der Waals surface area contributed by atoms with Crippen molar-refractivity contribution in [2.45, 2.75) is 24.4 Å². The average molecular weight is 345 g/mol. The van der Waals surface area contributed by atoms with Gasteiger partial charge in [-0.1, -0.05) is 55.1 Å². The van der Waals surface area contributed by atoms with Crippen molar-refractivity contribution < 1.29 is 13.5 Å². The van der Waals surface area contributed by atoms with Gasteiger partial charge in [0.2, 0.25) is 9.84 Å². The average Bonchev–Trinajstić information content (AvgIpc) is 2.62. The zero-order valence-electron chi connectivity index (χ0n) is 13.8. The van der Waals surface area contributed by atoms with E-state index in [2.05, 4.69) is 6.58 Å². The van der Waals surface area contributed by atoms with Gasteiger partial charge in [-0.05, 0) is 24.6 Å².